The second-order valence-electron chi connectivity index (χ2n) is 5.62. The maximum atomic E-state index is 12.2. The topological polar surface area (TPSA) is 102 Å². The number of anilines is 1. The molecule has 0 spiro atoms. The molecule has 7 heteroatoms. The number of nitrogens with two attached hydrogens (primary N) is 1. The van der Waals surface area contributed by atoms with Gasteiger partial charge >= 0.3 is 6.03 Å². The molecule has 1 rings (SSSR count). The summed E-state index contributed by atoms with van der Waals surface area (Å²) >= 11 is 0. The van der Waals surface area contributed by atoms with Crippen molar-refractivity contribution in [1.29, 1.82) is 0 Å². The molecule has 0 aromatic heterocycles. The number of rotatable bonds is 6. The summed E-state index contributed by atoms with van der Waals surface area (Å²) in [6.45, 7) is 7.46. The largest absolute Gasteiger partial charge is 0.330 e. The van der Waals surface area contributed by atoms with Crippen molar-refractivity contribution in [2.24, 2.45) is 11.1 Å². The van der Waals surface area contributed by atoms with Crippen molar-refractivity contribution in [3.05, 3.63) is 34.4 Å². The molecule has 0 saturated heterocycles. The summed E-state index contributed by atoms with van der Waals surface area (Å²) in [6, 6.07) is 5.49. The number of nitro benzene ring substituents is 1. The van der Waals surface area contributed by atoms with Crippen molar-refractivity contribution >= 4 is 17.4 Å². The van der Waals surface area contributed by atoms with Crippen molar-refractivity contribution < 1.29 is 9.72 Å². The van der Waals surface area contributed by atoms with E-state index in [1.165, 1.54) is 24.3 Å². The molecule has 0 unspecified atom stereocenters. The first-order valence-corrected chi connectivity index (χ1v) is 6.79. The molecular formula is C14H22N4O3. The van der Waals surface area contributed by atoms with E-state index in [4.69, 9.17) is 5.73 Å². The quantitative estimate of drug-likeness (QED) is 0.621. The summed E-state index contributed by atoms with van der Waals surface area (Å²) in [6.07, 6.45) is 0. The van der Waals surface area contributed by atoms with Crippen molar-refractivity contribution in [3.8, 4) is 0 Å². The molecule has 21 heavy (non-hydrogen) atoms. The first-order chi connectivity index (χ1) is 9.79. The standard InChI is InChI=1S/C14H22N4O3/c1-4-17(10-14(2,3)9-15)13(19)16-11-5-7-12(8-6-11)18(20)21/h5-8H,4,9-10,15H2,1-3H3,(H,16,19). The van der Waals surface area contributed by atoms with Crippen LogP contribution in [0.5, 0.6) is 0 Å². The van der Waals surface area contributed by atoms with Crippen LogP contribution in [0.3, 0.4) is 0 Å². The zero-order valence-electron chi connectivity index (χ0n) is 12.6. The lowest BCUT2D eigenvalue weighted by atomic mass is 9.93. The van der Waals surface area contributed by atoms with E-state index < -0.39 is 4.92 Å². The molecule has 0 aliphatic carbocycles. The highest BCUT2D eigenvalue weighted by Gasteiger charge is 2.22. The molecule has 0 heterocycles. The normalized spacial score (nSPS) is 11.0. The molecule has 0 saturated carbocycles. The van der Waals surface area contributed by atoms with Gasteiger partial charge in [-0.3, -0.25) is 10.1 Å². The van der Waals surface area contributed by atoms with E-state index in [1.54, 1.807) is 4.90 Å². The van der Waals surface area contributed by atoms with Crippen LogP contribution < -0.4 is 11.1 Å². The van der Waals surface area contributed by atoms with Gasteiger partial charge in [-0.25, -0.2) is 4.79 Å². The Morgan fingerprint density at radius 1 is 1.38 bits per heavy atom. The fraction of sp³-hybridized carbons (Fsp3) is 0.500. The highest BCUT2D eigenvalue weighted by Crippen LogP contribution is 2.18. The predicted octanol–water partition coefficient (Wildman–Crippen LogP) is 2.43. The Hall–Kier alpha value is -2.15. The van der Waals surface area contributed by atoms with Gasteiger partial charge in [-0.2, -0.15) is 0 Å². The first-order valence-electron chi connectivity index (χ1n) is 6.79. The molecular weight excluding hydrogens is 272 g/mol. The fourth-order valence-corrected chi connectivity index (χ4v) is 1.78. The number of carbonyl (C=O) groups is 1. The molecule has 1 aromatic rings. The predicted molar refractivity (Wildman–Crippen MR) is 82.2 cm³/mol. The minimum absolute atomic E-state index is 0.00962. The van der Waals surface area contributed by atoms with Crippen LogP contribution in [-0.2, 0) is 0 Å². The number of nitrogens with one attached hydrogen (secondary N) is 1. The highest BCUT2D eigenvalue weighted by molar-refractivity contribution is 5.89. The summed E-state index contributed by atoms with van der Waals surface area (Å²) in [5.74, 6) is 0. The van der Waals surface area contributed by atoms with Gasteiger partial charge in [0.15, 0.2) is 0 Å². The van der Waals surface area contributed by atoms with Crippen LogP contribution in [0.25, 0.3) is 0 Å². The number of hydrogen-bond donors (Lipinski definition) is 2. The number of benzene rings is 1. The minimum Gasteiger partial charge on any atom is -0.330 e. The number of hydrogen-bond acceptors (Lipinski definition) is 4. The molecule has 0 bridgehead atoms. The molecule has 3 N–H and O–H groups in total. The number of non-ortho nitro benzene ring substituents is 1. The van der Waals surface area contributed by atoms with E-state index in [0.717, 1.165) is 0 Å². The Morgan fingerprint density at radius 3 is 2.38 bits per heavy atom. The summed E-state index contributed by atoms with van der Waals surface area (Å²) in [5, 5.41) is 13.3. The Morgan fingerprint density at radius 2 is 1.95 bits per heavy atom. The lowest BCUT2D eigenvalue weighted by Crippen LogP contribution is -2.43. The van der Waals surface area contributed by atoms with Crippen LogP contribution in [0, 0.1) is 15.5 Å². The highest BCUT2D eigenvalue weighted by atomic mass is 16.6. The van der Waals surface area contributed by atoms with E-state index in [1.807, 2.05) is 20.8 Å². The fourth-order valence-electron chi connectivity index (χ4n) is 1.78. The number of nitrogens with zero attached hydrogens (tertiary/aromatic N) is 2. The van der Waals surface area contributed by atoms with Gasteiger partial charge in [-0.05, 0) is 31.0 Å². The first kappa shape index (κ1) is 16.9. The third kappa shape index (κ3) is 5.03. The smallest absolute Gasteiger partial charge is 0.321 e. The van der Waals surface area contributed by atoms with Crippen molar-refractivity contribution in [3.63, 3.8) is 0 Å². The van der Waals surface area contributed by atoms with Gasteiger partial charge < -0.3 is 16.0 Å². The summed E-state index contributed by atoms with van der Waals surface area (Å²) in [4.78, 5) is 24.0. The maximum absolute atomic E-state index is 12.2. The summed E-state index contributed by atoms with van der Waals surface area (Å²) < 4.78 is 0. The Labute approximate surface area is 124 Å². The third-order valence-electron chi connectivity index (χ3n) is 3.17. The minimum atomic E-state index is -0.478. The zero-order chi connectivity index (χ0) is 16.0. The Bertz CT molecular complexity index is 499. The van der Waals surface area contributed by atoms with Crippen LogP contribution in [0.1, 0.15) is 20.8 Å². The maximum Gasteiger partial charge on any atom is 0.321 e. The van der Waals surface area contributed by atoms with E-state index in [-0.39, 0.29) is 17.1 Å². The van der Waals surface area contributed by atoms with Gasteiger partial charge in [0.2, 0.25) is 0 Å². The molecule has 0 radical (unpaired) electrons. The number of urea groups is 1. The Kier molecular flexibility index (Phi) is 5.66. The number of carbonyl (C=O) groups excluding carboxylic acids is 1. The van der Waals surface area contributed by atoms with Crippen LogP contribution >= 0.6 is 0 Å². The van der Waals surface area contributed by atoms with E-state index in [2.05, 4.69) is 5.32 Å². The van der Waals surface area contributed by atoms with Crippen LogP contribution in [0.2, 0.25) is 0 Å². The van der Waals surface area contributed by atoms with Crippen LogP contribution in [-0.4, -0.2) is 35.5 Å². The molecule has 1 aromatic carbocycles. The van der Waals surface area contributed by atoms with Gasteiger partial charge in [0.25, 0.3) is 5.69 Å². The molecule has 2 amide bonds. The molecule has 116 valence electrons. The molecule has 0 aliphatic heterocycles. The van der Waals surface area contributed by atoms with Gasteiger partial charge in [-0.15, -0.1) is 0 Å². The second-order valence-corrected chi connectivity index (χ2v) is 5.62. The molecule has 0 aliphatic rings. The lowest BCUT2D eigenvalue weighted by molar-refractivity contribution is -0.384. The molecule has 7 nitrogen and oxygen atoms in total. The third-order valence-corrected chi connectivity index (χ3v) is 3.17. The average molecular weight is 294 g/mol. The number of amides is 2. The van der Waals surface area contributed by atoms with E-state index >= 15 is 0 Å². The molecule has 0 fully saturated rings. The SMILES string of the molecule is CCN(CC(C)(C)CN)C(=O)Nc1ccc([N+](=O)[O-])cc1. The van der Waals surface area contributed by atoms with E-state index in [9.17, 15) is 14.9 Å². The monoisotopic (exact) mass is 294 g/mol. The summed E-state index contributed by atoms with van der Waals surface area (Å²) in [7, 11) is 0. The van der Waals surface area contributed by atoms with Gasteiger partial charge in [0.1, 0.15) is 0 Å². The molecule has 0 atom stereocenters. The number of nitro groups is 1. The average Bonchev–Trinajstić information content (AvgIpc) is 2.45. The van der Waals surface area contributed by atoms with Gasteiger partial charge in [0.05, 0.1) is 4.92 Å². The van der Waals surface area contributed by atoms with Crippen molar-refractivity contribution in [2.45, 2.75) is 20.8 Å². The zero-order valence-corrected chi connectivity index (χ0v) is 12.6. The van der Waals surface area contributed by atoms with Crippen molar-refractivity contribution in [1.82, 2.24) is 4.90 Å². The Balaban J connectivity index is 2.71. The van der Waals surface area contributed by atoms with Crippen LogP contribution in [0.15, 0.2) is 24.3 Å². The van der Waals surface area contributed by atoms with Gasteiger partial charge in [0, 0.05) is 30.9 Å². The van der Waals surface area contributed by atoms with E-state index in [0.29, 0.717) is 25.3 Å². The lowest BCUT2D eigenvalue weighted by Gasteiger charge is -2.31. The summed E-state index contributed by atoms with van der Waals surface area (Å²) in [5.41, 5.74) is 6.03. The van der Waals surface area contributed by atoms with Crippen molar-refractivity contribution in [2.75, 3.05) is 25.0 Å². The van der Waals surface area contributed by atoms with Crippen LogP contribution in [0.4, 0.5) is 16.2 Å². The van der Waals surface area contributed by atoms with Gasteiger partial charge in [-0.1, -0.05) is 13.8 Å². The second kappa shape index (κ2) is 7.03.